The zero-order chi connectivity index (χ0) is 18.8. The van der Waals surface area contributed by atoms with Crippen LogP contribution in [0.3, 0.4) is 0 Å². The van der Waals surface area contributed by atoms with E-state index in [0.717, 1.165) is 12.1 Å². The average molecular weight is 362 g/mol. The molecule has 4 nitrogen and oxygen atoms in total. The maximum Gasteiger partial charge on any atom is 0.246 e. The summed E-state index contributed by atoms with van der Waals surface area (Å²) in [4.78, 5) is 24.6. The van der Waals surface area contributed by atoms with Gasteiger partial charge in [0.2, 0.25) is 11.8 Å². The van der Waals surface area contributed by atoms with E-state index in [1.165, 1.54) is 19.2 Å². The minimum absolute atomic E-state index is 0.125. The Balaban J connectivity index is 1.76. The molecule has 2 amide bonds. The summed E-state index contributed by atoms with van der Waals surface area (Å²) in [5.74, 6) is -4.25. The van der Waals surface area contributed by atoms with E-state index < -0.39 is 35.4 Å². The molecule has 0 spiro atoms. The van der Waals surface area contributed by atoms with Gasteiger partial charge in [-0.1, -0.05) is 24.3 Å². The number of hydrogen-bond acceptors (Lipinski definition) is 2. The normalized spacial score (nSPS) is 19.5. The SMILES string of the molecule is CNC(=O)C(NC(=O)C1CC1c1ccccc1F)c1ccc(F)c(F)c1. The molecular weight excluding hydrogens is 345 g/mol. The smallest absolute Gasteiger partial charge is 0.246 e. The first-order valence-electron chi connectivity index (χ1n) is 8.13. The summed E-state index contributed by atoms with van der Waals surface area (Å²) in [6, 6.07) is 8.06. The third-order valence-corrected chi connectivity index (χ3v) is 4.50. The van der Waals surface area contributed by atoms with Crippen molar-refractivity contribution in [2.24, 2.45) is 5.92 Å². The lowest BCUT2D eigenvalue weighted by molar-refractivity contribution is -0.129. The predicted octanol–water partition coefficient (Wildman–Crippen LogP) is 2.81. The van der Waals surface area contributed by atoms with Gasteiger partial charge in [0.25, 0.3) is 0 Å². The van der Waals surface area contributed by atoms with Gasteiger partial charge in [0.05, 0.1) is 0 Å². The summed E-state index contributed by atoms with van der Waals surface area (Å²) in [5, 5.41) is 4.93. The lowest BCUT2D eigenvalue weighted by atomic mass is 10.0. The van der Waals surface area contributed by atoms with Crippen LogP contribution in [0.4, 0.5) is 13.2 Å². The number of benzene rings is 2. The molecule has 0 radical (unpaired) electrons. The van der Waals surface area contributed by atoms with Crippen molar-refractivity contribution in [1.29, 1.82) is 0 Å². The maximum absolute atomic E-state index is 13.8. The molecule has 0 bridgehead atoms. The van der Waals surface area contributed by atoms with Gasteiger partial charge >= 0.3 is 0 Å². The predicted molar refractivity (Wildman–Crippen MR) is 88.6 cm³/mol. The zero-order valence-electron chi connectivity index (χ0n) is 13.9. The Kier molecular flexibility index (Phi) is 4.97. The van der Waals surface area contributed by atoms with Crippen molar-refractivity contribution in [2.75, 3.05) is 7.05 Å². The van der Waals surface area contributed by atoms with Gasteiger partial charge in [-0.3, -0.25) is 9.59 Å². The van der Waals surface area contributed by atoms with Gasteiger partial charge < -0.3 is 10.6 Å². The van der Waals surface area contributed by atoms with E-state index in [1.807, 2.05) is 0 Å². The third-order valence-electron chi connectivity index (χ3n) is 4.50. The molecule has 2 N–H and O–H groups in total. The van der Waals surface area contributed by atoms with Crippen molar-refractivity contribution < 1.29 is 22.8 Å². The van der Waals surface area contributed by atoms with Crippen LogP contribution in [0.15, 0.2) is 42.5 Å². The largest absolute Gasteiger partial charge is 0.357 e. The van der Waals surface area contributed by atoms with E-state index in [2.05, 4.69) is 10.6 Å². The van der Waals surface area contributed by atoms with Gasteiger partial charge in [-0.2, -0.15) is 0 Å². The molecule has 3 atom stereocenters. The fourth-order valence-corrected chi connectivity index (χ4v) is 2.99. The van der Waals surface area contributed by atoms with Crippen LogP contribution < -0.4 is 10.6 Å². The highest BCUT2D eigenvalue weighted by molar-refractivity contribution is 5.90. The molecule has 2 aromatic rings. The minimum atomic E-state index is -1.16. The Morgan fingerprint density at radius 1 is 1.04 bits per heavy atom. The molecule has 0 heterocycles. The van der Waals surface area contributed by atoms with Crippen LogP contribution in [0.5, 0.6) is 0 Å². The van der Waals surface area contributed by atoms with Crippen LogP contribution >= 0.6 is 0 Å². The lowest BCUT2D eigenvalue weighted by Gasteiger charge is -2.18. The molecule has 0 saturated heterocycles. The van der Waals surface area contributed by atoms with Crippen molar-refractivity contribution in [3.05, 3.63) is 71.0 Å². The summed E-state index contributed by atoms with van der Waals surface area (Å²) in [6.45, 7) is 0. The number of amides is 2. The van der Waals surface area contributed by atoms with Crippen LogP contribution in [-0.2, 0) is 9.59 Å². The van der Waals surface area contributed by atoms with Crippen LogP contribution in [0, 0.1) is 23.4 Å². The molecular formula is C19H17F3N2O2. The van der Waals surface area contributed by atoms with Gasteiger partial charge in [0.15, 0.2) is 11.6 Å². The summed E-state index contributed by atoms with van der Waals surface area (Å²) in [6.07, 6.45) is 0.463. The summed E-state index contributed by atoms with van der Waals surface area (Å²) >= 11 is 0. The Bertz CT molecular complexity index is 856. The molecule has 3 unspecified atom stereocenters. The van der Waals surface area contributed by atoms with Crippen LogP contribution in [0.1, 0.15) is 29.5 Å². The minimum Gasteiger partial charge on any atom is -0.357 e. The Labute approximate surface area is 148 Å². The van der Waals surface area contributed by atoms with Gasteiger partial charge in [-0.25, -0.2) is 13.2 Å². The number of halogens is 3. The molecule has 1 saturated carbocycles. The monoisotopic (exact) mass is 362 g/mol. The second kappa shape index (κ2) is 7.19. The third kappa shape index (κ3) is 3.56. The number of nitrogens with one attached hydrogen (secondary N) is 2. The Hall–Kier alpha value is -2.83. The fourth-order valence-electron chi connectivity index (χ4n) is 2.99. The topological polar surface area (TPSA) is 58.2 Å². The molecule has 1 aliphatic carbocycles. The number of likely N-dealkylation sites (N-methyl/N-ethyl adjacent to an activating group) is 1. The van der Waals surface area contributed by atoms with Gasteiger partial charge in [-0.15, -0.1) is 0 Å². The van der Waals surface area contributed by atoms with Crippen LogP contribution in [0.2, 0.25) is 0 Å². The molecule has 1 aliphatic rings. The second-order valence-electron chi connectivity index (χ2n) is 6.20. The molecule has 136 valence electrons. The fraction of sp³-hybridized carbons (Fsp3) is 0.263. The van der Waals surface area contributed by atoms with Crippen molar-refractivity contribution in [1.82, 2.24) is 10.6 Å². The standard InChI is InChI=1S/C19H17F3N2O2/c1-23-19(26)17(10-6-7-15(21)16(22)8-10)24-18(25)13-9-12(13)11-4-2-3-5-14(11)20/h2-8,12-13,17H,9H2,1H3,(H,23,26)(H,24,25). The number of carbonyl (C=O) groups is 2. The quantitative estimate of drug-likeness (QED) is 0.859. The van der Waals surface area contributed by atoms with Crippen molar-refractivity contribution in [3.8, 4) is 0 Å². The van der Waals surface area contributed by atoms with E-state index in [4.69, 9.17) is 0 Å². The highest BCUT2D eigenvalue weighted by Crippen LogP contribution is 2.48. The molecule has 7 heteroatoms. The molecule has 3 rings (SSSR count). The van der Waals surface area contributed by atoms with E-state index in [0.29, 0.717) is 12.0 Å². The van der Waals surface area contributed by atoms with Crippen molar-refractivity contribution in [2.45, 2.75) is 18.4 Å². The highest BCUT2D eigenvalue weighted by Gasteiger charge is 2.46. The van der Waals surface area contributed by atoms with Gasteiger partial charge in [0, 0.05) is 13.0 Å². The summed E-state index contributed by atoms with van der Waals surface area (Å²) in [7, 11) is 1.38. The molecule has 1 fully saturated rings. The van der Waals surface area contributed by atoms with Gasteiger partial charge in [0.1, 0.15) is 11.9 Å². The number of carbonyl (C=O) groups excluding carboxylic acids is 2. The first kappa shape index (κ1) is 18.0. The zero-order valence-corrected chi connectivity index (χ0v) is 13.9. The highest BCUT2D eigenvalue weighted by atomic mass is 19.2. The average Bonchev–Trinajstić information content (AvgIpc) is 3.42. The summed E-state index contributed by atoms with van der Waals surface area (Å²) in [5.41, 5.74) is 0.580. The maximum atomic E-state index is 13.8. The van der Waals surface area contributed by atoms with Crippen molar-refractivity contribution in [3.63, 3.8) is 0 Å². The first-order valence-corrected chi connectivity index (χ1v) is 8.13. The lowest BCUT2D eigenvalue weighted by Crippen LogP contribution is -2.40. The second-order valence-corrected chi connectivity index (χ2v) is 6.20. The molecule has 2 aromatic carbocycles. The first-order chi connectivity index (χ1) is 12.4. The van der Waals surface area contributed by atoms with E-state index in [9.17, 15) is 22.8 Å². The molecule has 0 aliphatic heterocycles. The molecule has 0 aromatic heterocycles. The van der Waals surface area contributed by atoms with Crippen LogP contribution in [0.25, 0.3) is 0 Å². The van der Waals surface area contributed by atoms with Crippen LogP contribution in [-0.4, -0.2) is 18.9 Å². The molecule has 26 heavy (non-hydrogen) atoms. The van der Waals surface area contributed by atoms with E-state index in [1.54, 1.807) is 18.2 Å². The summed E-state index contributed by atoms with van der Waals surface area (Å²) < 4.78 is 40.4. The van der Waals surface area contributed by atoms with Crippen molar-refractivity contribution >= 4 is 11.8 Å². The van der Waals surface area contributed by atoms with E-state index >= 15 is 0 Å². The number of rotatable bonds is 5. The Morgan fingerprint density at radius 2 is 1.77 bits per heavy atom. The van der Waals surface area contributed by atoms with Gasteiger partial charge in [-0.05, 0) is 41.7 Å². The number of hydrogen-bond donors (Lipinski definition) is 2. The Morgan fingerprint density at radius 3 is 2.42 bits per heavy atom. The van der Waals surface area contributed by atoms with E-state index in [-0.39, 0.29) is 17.3 Å².